The Hall–Kier alpha value is -3.52. The zero-order valence-electron chi connectivity index (χ0n) is 18.1. The van der Waals surface area contributed by atoms with Crippen LogP contribution in [-0.4, -0.2) is 46.5 Å². The van der Waals surface area contributed by atoms with Gasteiger partial charge in [-0.05, 0) is 42.8 Å². The normalized spacial score (nSPS) is 12.4. The maximum Gasteiger partial charge on any atom is 0.329 e. The Bertz CT molecular complexity index is 1410. The molecule has 3 N–H and O–H groups in total. The van der Waals surface area contributed by atoms with Crippen molar-refractivity contribution in [2.45, 2.75) is 23.9 Å². The summed E-state index contributed by atoms with van der Waals surface area (Å²) in [5.74, 6) is -1.12. The molecular weight excluding hydrogens is 507 g/mol. The average Bonchev–Trinajstić information content (AvgIpc) is 2.80. The largest absolute Gasteiger partial charge is 0.457 e. The highest BCUT2D eigenvalue weighted by molar-refractivity contribution is 7.89. The first-order valence-corrected chi connectivity index (χ1v) is 11.8. The van der Waals surface area contributed by atoms with Crippen LogP contribution in [0.1, 0.15) is 6.42 Å². The number of benzene rings is 2. The molecule has 0 aliphatic rings. The molecule has 1 atom stereocenters. The number of amides is 1. The molecule has 0 bridgehead atoms. The zero-order chi connectivity index (χ0) is 25.8. The van der Waals surface area contributed by atoms with E-state index < -0.39 is 39.0 Å². The van der Waals surface area contributed by atoms with Gasteiger partial charge in [0.1, 0.15) is 28.5 Å². The van der Waals surface area contributed by atoms with Gasteiger partial charge in [-0.25, -0.2) is 23.1 Å². The van der Waals surface area contributed by atoms with Crippen LogP contribution >= 0.6 is 11.6 Å². The fourth-order valence-electron chi connectivity index (χ4n) is 3.19. The molecule has 3 rings (SSSR count). The van der Waals surface area contributed by atoms with Crippen LogP contribution in [0.15, 0.2) is 69.1 Å². The lowest BCUT2D eigenvalue weighted by atomic mass is 10.2. The summed E-state index contributed by atoms with van der Waals surface area (Å²) in [6.07, 6.45) is -0.326. The third-order valence-corrected chi connectivity index (χ3v) is 7.08. The molecule has 3 aromatic rings. The number of rotatable bonds is 9. The molecule has 35 heavy (non-hydrogen) atoms. The molecular formula is C21H20ClFN4O7S. The minimum absolute atomic E-state index is 0.176. The number of ether oxygens (including phenoxy) is 1. The van der Waals surface area contributed by atoms with Crippen LogP contribution in [0.3, 0.4) is 0 Å². The number of sulfonamides is 1. The smallest absolute Gasteiger partial charge is 0.329 e. The molecule has 2 aromatic carbocycles. The van der Waals surface area contributed by atoms with Gasteiger partial charge >= 0.3 is 5.69 Å². The number of nitrogens with one attached hydrogen (secondary N) is 2. The Labute approximate surface area is 203 Å². The summed E-state index contributed by atoms with van der Waals surface area (Å²) >= 11 is 5.62. The Kier molecular flexibility index (Phi) is 8.07. The highest BCUT2D eigenvalue weighted by Gasteiger charge is 2.33. The fourth-order valence-corrected chi connectivity index (χ4v) is 4.71. The van der Waals surface area contributed by atoms with Gasteiger partial charge in [-0.2, -0.15) is 4.31 Å². The number of carbonyl (C=O) groups is 1. The van der Waals surface area contributed by atoms with Gasteiger partial charge in [-0.15, -0.1) is 0 Å². The highest BCUT2D eigenvalue weighted by atomic mass is 35.5. The molecule has 0 fully saturated rings. The second-order valence-corrected chi connectivity index (χ2v) is 9.65. The molecule has 0 aliphatic heterocycles. The van der Waals surface area contributed by atoms with Crippen LogP contribution in [-0.2, 0) is 21.4 Å². The van der Waals surface area contributed by atoms with E-state index in [-0.39, 0.29) is 34.5 Å². The van der Waals surface area contributed by atoms with Gasteiger partial charge in [0.15, 0.2) is 0 Å². The first kappa shape index (κ1) is 26.1. The predicted molar refractivity (Wildman–Crippen MR) is 123 cm³/mol. The SMILES string of the molecule is CN(C(CCn1c(=O)cc(Cl)[nH]c1=O)C(=O)NO)S(=O)(=O)c1ccc(Oc2cccc(F)c2)cc1. The van der Waals surface area contributed by atoms with Crippen molar-refractivity contribution in [1.29, 1.82) is 0 Å². The lowest BCUT2D eigenvalue weighted by molar-refractivity contribution is -0.133. The predicted octanol–water partition coefficient (Wildman–Crippen LogP) is 1.71. The molecule has 0 saturated heterocycles. The number of hydroxylamine groups is 1. The van der Waals surface area contributed by atoms with Gasteiger partial charge in [0.25, 0.3) is 11.5 Å². The first-order valence-electron chi connectivity index (χ1n) is 9.98. The number of carbonyl (C=O) groups excluding carboxylic acids is 1. The number of aromatic nitrogens is 2. The van der Waals surface area contributed by atoms with Gasteiger partial charge < -0.3 is 4.74 Å². The molecule has 1 heterocycles. The van der Waals surface area contributed by atoms with Crippen molar-refractivity contribution in [3.8, 4) is 11.5 Å². The first-order chi connectivity index (χ1) is 16.5. The van der Waals surface area contributed by atoms with Gasteiger partial charge in [0, 0.05) is 25.7 Å². The van der Waals surface area contributed by atoms with E-state index >= 15 is 0 Å². The molecule has 0 radical (unpaired) electrons. The van der Waals surface area contributed by atoms with Gasteiger partial charge in [0.2, 0.25) is 10.0 Å². The van der Waals surface area contributed by atoms with Crippen molar-refractivity contribution in [2.24, 2.45) is 0 Å². The molecule has 0 aliphatic carbocycles. The zero-order valence-corrected chi connectivity index (χ0v) is 19.7. The Morgan fingerprint density at radius 1 is 1.20 bits per heavy atom. The van der Waals surface area contributed by atoms with Crippen LogP contribution in [0.2, 0.25) is 5.15 Å². The molecule has 186 valence electrons. The van der Waals surface area contributed by atoms with E-state index in [4.69, 9.17) is 21.5 Å². The number of hydrogen-bond acceptors (Lipinski definition) is 7. The number of nitrogens with zero attached hydrogens (tertiary/aromatic N) is 2. The quantitative estimate of drug-likeness (QED) is 0.218. The van der Waals surface area contributed by atoms with Crippen molar-refractivity contribution in [1.82, 2.24) is 19.3 Å². The summed E-state index contributed by atoms with van der Waals surface area (Å²) in [7, 11) is -3.16. The van der Waals surface area contributed by atoms with E-state index in [1.165, 1.54) is 47.9 Å². The van der Waals surface area contributed by atoms with Crippen molar-refractivity contribution in [3.05, 3.63) is 86.4 Å². The lowest BCUT2D eigenvalue weighted by Gasteiger charge is -2.26. The third kappa shape index (κ3) is 6.14. The standard InChI is InChI=1S/C21H20ClFN4O7S/c1-26(17(20(29)25-31)9-10-27-19(28)12-18(22)24-21(27)30)35(32,33)16-7-5-14(6-8-16)34-15-4-2-3-13(23)11-15/h2-8,11-12,17,31H,9-10H2,1H3,(H,24,30)(H,25,29). The fraction of sp³-hybridized carbons (Fsp3) is 0.190. The topological polar surface area (TPSA) is 151 Å². The van der Waals surface area contributed by atoms with E-state index in [0.717, 1.165) is 23.7 Å². The molecule has 1 amide bonds. The summed E-state index contributed by atoms with van der Waals surface area (Å²) in [5.41, 5.74) is -0.196. The minimum Gasteiger partial charge on any atom is -0.457 e. The van der Waals surface area contributed by atoms with E-state index in [0.29, 0.717) is 4.31 Å². The van der Waals surface area contributed by atoms with Gasteiger partial charge in [0.05, 0.1) is 4.90 Å². The molecule has 1 aromatic heterocycles. The van der Waals surface area contributed by atoms with Crippen molar-refractivity contribution < 1.29 is 27.5 Å². The monoisotopic (exact) mass is 526 g/mol. The lowest BCUT2D eigenvalue weighted by Crippen LogP contribution is -2.48. The minimum atomic E-state index is -4.27. The third-order valence-electron chi connectivity index (χ3n) is 5.00. The van der Waals surface area contributed by atoms with Crippen LogP contribution in [0.5, 0.6) is 11.5 Å². The second-order valence-electron chi connectivity index (χ2n) is 7.24. The summed E-state index contributed by atoms with van der Waals surface area (Å²) in [4.78, 5) is 38.3. The second kappa shape index (κ2) is 10.8. The maximum atomic E-state index is 13.3. The average molecular weight is 527 g/mol. The number of halogens is 2. The van der Waals surface area contributed by atoms with Gasteiger partial charge in [-0.3, -0.25) is 24.3 Å². The Morgan fingerprint density at radius 3 is 2.49 bits per heavy atom. The molecule has 1 unspecified atom stereocenters. The van der Waals surface area contributed by atoms with Crippen molar-refractivity contribution in [3.63, 3.8) is 0 Å². The highest BCUT2D eigenvalue weighted by Crippen LogP contribution is 2.25. The van der Waals surface area contributed by atoms with Crippen molar-refractivity contribution in [2.75, 3.05) is 7.05 Å². The van der Waals surface area contributed by atoms with Crippen LogP contribution in [0.25, 0.3) is 0 Å². The Morgan fingerprint density at radius 2 is 1.89 bits per heavy atom. The van der Waals surface area contributed by atoms with E-state index in [9.17, 15) is 27.2 Å². The molecule has 0 saturated carbocycles. The number of aromatic amines is 1. The Balaban J connectivity index is 1.81. The van der Waals surface area contributed by atoms with E-state index in [2.05, 4.69) is 4.98 Å². The van der Waals surface area contributed by atoms with Gasteiger partial charge in [-0.1, -0.05) is 17.7 Å². The summed E-state index contributed by atoms with van der Waals surface area (Å²) in [6.45, 7) is -0.344. The van der Waals surface area contributed by atoms with E-state index in [1.54, 1.807) is 0 Å². The van der Waals surface area contributed by atoms with E-state index in [1.807, 2.05) is 0 Å². The summed E-state index contributed by atoms with van der Waals surface area (Å²) in [5, 5.41) is 8.94. The number of hydrogen-bond donors (Lipinski definition) is 3. The summed E-state index contributed by atoms with van der Waals surface area (Å²) < 4.78 is 46.5. The molecule has 14 heteroatoms. The van der Waals surface area contributed by atoms with Crippen molar-refractivity contribution >= 4 is 27.5 Å². The maximum absolute atomic E-state index is 13.3. The number of likely N-dealkylation sites (N-methyl/N-ethyl adjacent to an activating group) is 1. The number of H-pyrrole nitrogens is 1. The molecule has 0 spiro atoms. The van der Waals surface area contributed by atoms with Crippen LogP contribution in [0, 0.1) is 5.82 Å². The molecule has 11 nitrogen and oxygen atoms in total. The summed E-state index contributed by atoms with van der Waals surface area (Å²) in [6, 6.07) is 10.0. The van der Waals surface area contributed by atoms with Crippen LogP contribution < -0.4 is 21.5 Å². The van der Waals surface area contributed by atoms with Crippen LogP contribution in [0.4, 0.5) is 4.39 Å².